The van der Waals surface area contributed by atoms with Crippen LogP contribution >= 0.6 is 0 Å². The molecule has 0 radical (unpaired) electrons. The Kier molecular flexibility index (Phi) is 3.18. The molecule has 0 spiro atoms. The fraction of sp³-hybridized carbons (Fsp3) is 0.0526. The van der Waals surface area contributed by atoms with Crippen LogP contribution in [-0.4, -0.2) is 37.1 Å². The summed E-state index contributed by atoms with van der Waals surface area (Å²) in [5.74, 6) is 0.744. The van der Waals surface area contributed by atoms with Crippen LogP contribution in [0.1, 0.15) is 0 Å². The van der Waals surface area contributed by atoms with Gasteiger partial charge in [-0.05, 0) is 18.2 Å². The summed E-state index contributed by atoms with van der Waals surface area (Å²) in [5, 5.41) is 24.6. The van der Waals surface area contributed by atoms with Crippen LogP contribution in [0, 0.1) is 0 Å². The minimum atomic E-state index is 0.649. The van der Waals surface area contributed by atoms with Crippen LogP contribution in [0.15, 0.2) is 60.8 Å². The summed E-state index contributed by atoms with van der Waals surface area (Å²) in [6, 6.07) is 18.1. The van der Waals surface area contributed by atoms with Gasteiger partial charge in [-0.1, -0.05) is 36.4 Å². The molecule has 0 bridgehead atoms. The van der Waals surface area contributed by atoms with E-state index in [1.807, 2.05) is 72.4 Å². The average Bonchev–Trinajstić information content (AvgIpc) is 3.29. The molecule has 1 aromatic carbocycles. The number of anilines is 1. The van der Waals surface area contributed by atoms with Crippen LogP contribution in [0.5, 0.6) is 0 Å². The van der Waals surface area contributed by atoms with Crippen molar-refractivity contribution >= 4 is 22.4 Å². The van der Waals surface area contributed by atoms with Crippen LogP contribution in [0.25, 0.3) is 39.1 Å². The maximum absolute atomic E-state index is 4.78. The first-order valence-corrected chi connectivity index (χ1v) is 8.28. The molecule has 2 N–H and O–H groups in total. The van der Waals surface area contributed by atoms with Crippen molar-refractivity contribution in [2.24, 2.45) is 0 Å². The molecular formula is C19H15N7. The van der Waals surface area contributed by atoms with Gasteiger partial charge < -0.3 is 5.32 Å². The number of H-pyrrole nitrogens is 1. The molecule has 7 heteroatoms. The molecule has 0 amide bonds. The van der Waals surface area contributed by atoms with E-state index in [1.165, 1.54) is 0 Å². The Morgan fingerprint density at radius 2 is 1.85 bits per heavy atom. The van der Waals surface area contributed by atoms with Crippen molar-refractivity contribution in [2.45, 2.75) is 0 Å². The summed E-state index contributed by atoms with van der Waals surface area (Å²) in [6.07, 6.45) is 1.94. The van der Waals surface area contributed by atoms with Crippen molar-refractivity contribution in [2.75, 3.05) is 12.4 Å². The number of fused-ring (bicyclic) bond motifs is 2. The van der Waals surface area contributed by atoms with Gasteiger partial charge in [0.25, 0.3) is 0 Å². The van der Waals surface area contributed by atoms with Crippen molar-refractivity contribution < 1.29 is 0 Å². The Bertz CT molecular complexity index is 1220. The van der Waals surface area contributed by atoms with Crippen LogP contribution in [0.2, 0.25) is 0 Å². The van der Waals surface area contributed by atoms with Gasteiger partial charge in [-0.2, -0.15) is 10.2 Å². The number of aromatic nitrogens is 6. The molecule has 0 aliphatic heterocycles. The number of nitrogens with one attached hydrogen (secondary N) is 2. The van der Waals surface area contributed by atoms with Gasteiger partial charge >= 0.3 is 0 Å². The lowest BCUT2D eigenvalue weighted by Gasteiger charge is -2.03. The Labute approximate surface area is 148 Å². The molecule has 0 unspecified atom stereocenters. The molecule has 26 heavy (non-hydrogen) atoms. The molecule has 0 fully saturated rings. The molecule has 5 aromatic rings. The second-order valence-corrected chi connectivity index (χ2v) is 5.93. The normalized spacial score (nSPS) is 11.3. The largest absolute Gasteiger partial charge is 0.371 e. The first-order valence-electron chi connectivity index (χ1n) is 8.28. The second kappa shape index (κ2) is 5.66. The highest BCUT2D eigenvalue weighted by atomic mass is 15.3. The number of hydrogen-bond acceptors (Lipinski definition) is 5. The van der Waals surface area contributed by atoms with E-state index >= 15 is 0 Å². The zero-order valence-corrected chi connectivity index (χ0v) is 14.0. The lowest BCUT2D eigenvalue weighted by molar-refractivity contribution is 0.966. The summed E-state index contributed by atoms with van der Waals surface area (Å²) in [5.41, 5.74) is 5.25. The number of nitrogens with zero attached hydrogens (tertiary/aromatic N) is 5. The van der Waals surface area contributed by atoms with E-state index in [1.54, 1.807) is 0 Å². The topological polar surface area (TPSA) is 83.8 Å². The van der Waals surface area contributed by atoms with E-state index in [4.69, 9.17) is 5.10 Å². The van der Waals surface area contributed by atoms with Crippen molar-refractivity contribution in [3.8, 4) is 22.5 Å². The second-order valence-electron chi connectivity index (χ2n) is 5.93. The van der Waals surface area contributed by atoms with Gasteiger partial charge in [-0.3, -0.25) is 5.10 Å². The van der Waals surface area contributed by atoms with E-state index in [0.717, 1.165) is 39.2 Å². The van der Waals surface area contributed by atoms with Crippen LogP contribution in [-0.2, 0) is 0 Å². The van der Waals surface area contributed by atoms with E-state index in [2.05, 4.69) is 25.7 Å². The zero-order chi connectivity index (χ0) is 17.5. The highest BCUT2D eigenvalue weighted by Crippen LogP contribution is 2.35. The predicted molar refractivity (Wildman–Crippen MR) is 101 cm³/mol. The Hall–Kier alpha value is -3.74. The van der Waals surface area contributed by atoms with Gasteiger partial charge in [0.15, 0.2) is 11.5 Å². The Morgan fingerprint density at radius 1 is 1.00 bits per heavy atom. The molecule has 0 saturated carbocycles. The van der Waals surface area contributed by atoms with Gasteiger partial charge in [0, 0.05) is 18.8 Å². The van der Waals surface area contributed by atoms with Gasteiger partial charge in [0.2, 0.25) is 0 Å². The average molecular weight is 341 g/mol. The SMILES string of the molecule is CNc1n[nH]c2nnc(-c3c(-c4ccccc4)nn4ccccc34)cc12. The molecule has 0 saturated heterocycles. The van der Waals surface area contributed by atoms with Crippen LogP contribution < -0.4 is 5.32 Å². The van der Waals surface area contributed by atoms with Crippen LogP contribution in [0.3, 0.4) is 0 Å². The summed E-state index contributed by atoms with van der Waals surface area (Å²) in [4.78, 5) is 0. The molecule has 0 aliphatic rings. The maximum Gasteiger partial charge on any atom is 0.180 e. The number of hydrogen-bond donors (Lipinski definition) is 2. The summed E-state index contributed by atoms with van der Waals surface area (Å²) in [7, 11) is 1.83. The minimum Gasteiger partial charge on any atom is -0.371 e. The van der Waals surface area contributed by atoms with Crippen molar-refractivity contribution in [1.29, 1.82) is 0 Å². The molecule has 4 aromatic heterocycles. The smallest absolute Gasteiger partial charge is 0.180 e. The molecule has 4 heterocycles. The van der Waals surface area contributed by atoms with Gasteiger partial charge in [-0.15, -0.1) is 10.2 Å². The zero-order valence-electron chi connectivity index (χ0n) is 14.0. The lowest BCUT2D eigenvalue weighted by Crippen LogP contribution is -1.92. The third-order valence-electron chi connectivity index (χ3n) is 4.40. The maximum atomic E-state index is 4.78. The fourth-order valence-electron chi connectivity index (χ4n) is 3.19. The van der Waals surface area contributed by atoms with Crippen molar-refractivity contribution in [3.63, 3.8) is 0 Å². The van der Waals surface area contributed by atoms with E-state index in [-0.39, 0.29) is 0 Å². The number of benzene rings is 1. The number of aromatic amines is 1. The molecule has 5 rings (SSSR count). The summed E-state index contributed by atoms with van der Waals surface area (Å²) >= 11 is 0. The molecule has 0 atom stereocenters. The molecule has 0 aliphatic carbocycles. The summed E-state index contributed by atoms with van der Waals surface area (Å²) in [6.45, 7) is 0. The Morgan fingerprint density at radius 3 is 2.69 bits per heavy atom. The fourth-order valence-corrected chi connectivity index (χ4v) is 3.19. The molecule has 126 valence electrons. The molecule has 7 nitrogen and oxygen atoms in total. The van der Waals surface area contributed by atoms with E-state index in [0.29, 0.717) is 5.65 Å². The van der Waals surface area contributed by atoms with Gasteiger partial charge in [-0.25, -0.2) is 4.52 Å². The monoisotopic (exact) mass is 341 g/mol. The van der Waals surface area contributed by atoms with Gasteiger partial charge in [0.05, 0.1) is 22.2 Å². The first-order chi connectivity index (χ1) is 12.8. The Balaban J connectivity index is 1.83. The predicted octanol–water partition coefficient (Wildman–Crippen LogP) is 3.38. The highest BCUT2D eigenvalue weighted by Gasteiger charge is 2.19. The van der Waals surface area contributed by atoms with E-state index in [9.17, 15) is 0 Å². The van der Waals surface area contributed by atoms with Crippen molar-refractivity contribution in [3.05, 3.63) is 60.8 Å². The quantitative estimate of drug-likeness (QED) is 0.525. The number of pyridine rings is 1. The van der Waals surface area contributed by atoms with Gasteiger partial charge in [0.1, 0.15) is 5.69 Å². The first kappa shape index (κ1) is 14.6. The highest BCUT2D eigenvalue weighted by molar-refractivity contribution is 5.95. The van der Waals surface area contributed by atoms with E-state index < -0.39 is 0 Å². The minimum absolute atomic E-state index is 0.649. The molecular weight excluding hydrogens is 326 g/mol. The third-order valence-corrected chi connectivity index (χ3v) is 4.40. The summed E-state index contributed by atoms with van der Waals surface area (Å²) < 4.78 is 1.87. The van der Waals surface area contributed by atoms with Crippen molar-refractivity contribution in [1.82, 2.24) is 30.0 Å². The number of rotatable bonds is 3. The third kappa shape index (κ3) is 2.14. The van der Waals surface area contributed by atoms with Crippen LogP contribution in [0.4, 0.5) is 5.82 Å². The standard InChI is InChI=1S/C19H15N7/c1-20-18-13-11-14(21-23-19(13)24-22-18)16-15-9-5-6-10-26(15)25-17(16)12-7-3-2-4-8-12/h2-11H,1H3,(H2,20,22,23,24). The lowest BCUT2D eigenvalue weighted by atomic mass is 10.0.